The summed E-state index contributed by atoms with van der Waals surface area (Å²) >= 11 is 3.38. The molecule has 0 saturated carbocycles. The number of anilines is 1. The first-order valence-electron chi connectivity index (χ1n) is 10.3. The van der Waals surface area contributed by atoms with E-state index in [0.717, 1.165) is 26.2 Å². The van der Waals surface area contributed by atoms with Gasteiger partial charge in [0.2, 0.25) is 21.8 Å². The van der Waals surface area contributed by atoms with Crippen LogP contribution in [-0.4, -0.2) is 51.0 Å². The Labute approximate surface area is 199 Å². The molecule has 2 aromatic rings. The fraction of sp³-hybridized carbons (Fsp3) is 0.391. The molecule has 0 unspecified atom stereocenters. The molecule has 0 aliphatic carbocycles. The Morgan fingerprint density at radius 3 is 2.03 bits per heavy atom. The van der Waals surface area contributed by atoms with Crippen molar-refractivity contribution in [1.29, 1.82) is 0 Å². The van der Waals surface area contributed by atoms with Crippen LogP contribution in [0.4, 0.5) is 5.69 Å². The Morgan fingerprint density at radius 2 is 1.56 bits per heavy atom. The number of hydrogen-bond acceptors (Lipinski definition) is 4. The van der Waals surface area contributed by atoms with Crippen LogP contribution in [0.1, 0.15) is 37.8 Å². The second-order valence-corrected chi connectivity index (χ2v) is 10.8. The molecule has 2 rings (SSSR count). The van der Waals surface area contributed by atoms with Crippen molar-refractivity contribution < 1.29 is 18.0 Å². The van der Waals surface area contributed by atoms with Crippen LogP contribution in [0.5, 0.6) is 0 Å². The molecule has 0 fully saturated rings. The number of likely N-dealkylation sites (N-methyl/N-ethyl adjacent to an activating group) is 1. The van der Waals surface area contributed by atoms with Crippen molar-refractivity contribution >= 4 is 43.5 Å². The minimum absolute atomic E-state index is 0.171. The number of halogens is 1. The molecule has 0 bridgehead atoms. The second kappa shape index (κ2) is 11.0. The van der Waals surface area contributed by atoms with E-state index in [1.165, 1.54) is 11.9 Å². The Balaban J connectivity index is 2.36. The van der Waals surface area contributed by atoms with Crippen LogP contribution in [-0.2, 0) is 26.2 Å². The lowest BCUT2D eigenvalue weighted by Gasteiger charge is -2.31. The third-order valence-electron chi connectivity index (χ3n) is 5.21. The third-order valence-corrected chi connectivity index (χ3v) is 6.88. The zero-order valence-corrected chi connectivity index (χ0v) is 21.4. The van der Waals surface area contributed by atoms with E-state index in [0.29, 0.717) is 11.6 Å². The molecular weight excluding hydrogens is 494 g/mol. The first-order chi connectivity index (χ1) is 14.9. The largest absolute Gasteiger partial charge is 0.357 e. The predicted molar refractivity (Wildman–Crippen MR) is 131 cm³/mol. The molecule has 2 aromatic carbocycles. The van der Waals surface area contributed by atoms with Crippen LogP contribution in [0.2, 0.25) is 0 Å². The zero-order chi connectivity index (χ0) is 24.1. The summed E-state index contributed by atoms with van der Waals surface area (Å²) in [5, 5.41) is 2.55. The summed E-state index contributed by atoms with van der Waals surface area (Å²) in [5.41, 5.74) is 2.30. The van der Waals surface area contributed by atoms with Gasteiger partial charge in [-0.25, -0.2) is 8.42 Å². The normalized spacial score (nSPS) is 12.3. The molecule has 7 nitrogen and oxygen atoms in total. The highest BCUT2D eigenvalue weighted by Crippen LogP contribution is 2.23. The smallest absolute Gasteiger partial charge is 0.244 e. The van der Waals surface area contributed by atoms with Gasteiger partial charge in [-0.15, -0.1) is 0 Å². The minimum atomic E-state index is -3.73. The van der Waals surface area contributed by atoms with E-state index in [1.54, 1.807) is 19.1 Å². The quantitative estimate of drug-likeness (QED) is 0.544. The number of benzene rings is 2. The minimum Gasteiger partial charge on any atom is -0.357 e. The predicted octanol–water partition coefficient (Wildman–Crippen LogP) is 3.50. The van der Waals surface area contributed by atoms with Gasteiger partial charge < -0.3 is 10.2 Å². The van der Waals surface area contributed by atoms with Crippen molar-refractivity contribution in [1.82, 2.24) is 10.2 Å². The van der Waals surface area contributed by atoms with Crippen molar-refractivity contribution in [3.05, 3.63) is 64.1 Å². The number of carbonyl (C=O) groups excluding carboxylic acids is 2. The standard InChI is InChI=1S/C23H30BrN3O4S/c1-16(2)19-8-12-21(13-9-19)27(32(5,30)31)15-22(28)26(17(3)23(29)25-4)14-18-6-10-20(24)11-7-18/h6-13,16-17H,14-15H2,1-5H3,(H,25,29)/t17-/m1/s1. The first kappa shape index (κ1) is 25.9. The highest BCUT2D eigenvalue weighted by Gasteiger charge is 2.29. The highest BCUT2D eigenvalue weighted by molar-refractivity contribution is 9.10. The average molecular weight is 524 g/mol. The summed E-state index contributed by atoms with van der Waals surface area (Å²) in [6.45, 7) is 5.49. The number of carbonyl (C=O) groups is 2. The summed E-state index contributed by atoms with van der Waals surface area (Å²) < 4.78 is 27.0. The van der Waals surface area contributed by atoms with Gasteiger partial charge in [0.15, 0.2) is 0 Å². The average Bonchev–Trinajstić information content (AvgIpc) is 2.75. The van der Waals surface area contributed by atoms with Crippen LogP contribution in [0, 0.1) is 0 Å². The molecule has 0 heterocycles. The lowest BCUT2D eigenvalue weighted by atomic mass is 10.0. The summed E-state index contributed by atoms with van der Waals surface area (Å²) in [4.78, 5) is 27.0. The molecule has 1 atom stereocenters. The van der Waals surface area contributed by atoms with E-state index in [1.807, 2.05) is 50.2 Å². The first-order valence-corrected chi connectivity index (χ1v) is 12.9. The summed E-state index contributed by atoms with van der Waals surface area (Å²) in [6.07, 6.45) is 1.07. The molecule has 9 heteroatoms. The van der Waals surface area contributed by atoms with Gasteiger partial charge in [-0.05, 0) is 48.2 Å². The van der Waals surface area contributed by atoms with Gasteiger partial charge in [0.05, 0.1) is 11.9 Å². The maximum atomic E-state index is 13.3. The van der Waals surface area contributed by atoms with E-state index in [-0.39, 0.29) is 12.5 Å². The van der Waals surface area contributed by atoms with Crippen molar-refractivity contribution in [3.63, 3.8) is 0 Å². The maximum absolute atomic E-state index is 13.3. The lowest BCUT2D eigenvalue weighted by molar-refractivity contribution is -0.139. The van der Waals surface area contributed by atoms with Crippen molar-refractivity contribution in [3.8, 4) is 0 Å². The summed E-state index contributed by atoms with van der Waals surface area (Å²) in [5.74, 6) is -0.503. The van der Waals surface area contributed by atoms with Gasteiger partial charge in [-0.2, -0.15) is 0 Å². The lowest BCUT2D eigenvalue weighted by Crippen LogP contribution is -2.50. The second-order valence-electron chi connectivity index (χ2n) is 7.95. The number of nitrogens with one attached hydrogen (secondary N) is 1. The van der Waals surface area contributed by atoms with Gasteiger partial charge in [0.25, 0.3) is 0 Å². The number of rotatable bonds is 9. The molecule has 0 aromatic heterocycles. The van der Waals surface area contributed by atoms with E-state index in [2.05, 4.69) is 21.2 Å². The SMILES string of the molecule is CNC(=O)[C@@H](C)N(Cc1ccc(Br)cc1)C(=O)CN(c1ccc(C(C)C)cc1)S(C)(=O)=O. The van der Waals surface area contributed by atoms with Gasteiger partial charge in [0.1, 0.15) is 12.6 Å². The molecule has 1 N–H and O–H groups in total. The molecule has 2 amide bonds. The van der Waals surface area contributed by atoms with E-state index >= 15 is 0 Å². The van der Waals surface area contributed by atoms with Gasteiger partial charge >= 0.3 is 0 Å². The van der Waals surface area contributed by atoms with E-state index in [4.69, 9.17) is 0 Å². The van der Waals surface area contributed by atoms with Crippen molar-refractivity contribution in [2.75, 3.05) is 24.2 Å². The van der Waals surface area contributed by atoms with Crippen molar-refractivity contribution in [2.45, 2.75) is 39.3 Å². The van der Waals surface area contributed by atoms with Crippen molar-refractivity contribution in [2.24, 2.45) is 0 Å². The van der Waals surface area contributed by atoms with Crippen LogP contribution >= 0.6 is 15.9 Å². The maximum Gasteiger partial charge on any atom is 0.244 e. The van der Waals surface area contributed by atoms with Gasteiger partial charge in [-0.3, -0.25) is 13.9 Å². The zero-order valence-electron chi connectivity index (χ0n) is 19.0. The molecule has 0 saturated heterocycles. The molecule has 0 radical (unpaired) electrons. The molecule has 0 aliphatic heterocycles. The Kier molecular flexibility index (Phi) is 8.86. The molecule has 32 heavy (non-hydrogen) atoms. The van der Waals surface area contributed by atoms with E-state index in [9.17, 15) is 18.0 Å². The van der Waals surface area contributed by atoms with Crippen LogP contribution < -0.4 is 9.62 Å². The number of amides is 2. The van der Waals surface area contributed by atoms with Gasteiger partial charge in [0, 0.05) is 18.1 Å². The van der Waals surface area contributed by atoms with Crippen LogP contribution in [0.15, 0.2) is 53.0 Å². The molecule has 0 aliphatic rings. The Hall–Kier alpha value is -2.39. The Bertz CT molecular complexity index is 1040. The number of nitrogens with zero attached hydrogens (tertiary/aromatic N) is 2. The molecular formula is C23H30BrN3O4S. The summed E-state index contributed by atoms with van der Waals surface area (Å²) in [7, 11) is -2.23. The summed E-state index contributed by atoms with van der Waals surface area (Å²) in [6, 6.07) is 13.7. The van der Waals surface area contributed by atoms with Crippen LogP contribution in [0.25, 0.3) is 0 Å². The van der Waals surface area contributed by atoms with Crippen LogP contribution in [0.3, 0.4) is 0 Å². The highest BCUT2D eigenvalue weighted by atomic mass is 79.9. The molecule has 0 spiro atoms. The fourth-order valence-electron chi connectivity index (χ4n) is 3.22. The van der Waals surface area contributed by atoms with Gasteiger partial charge in [-0.1, -0.05) is 54.0 Å². The third kappa shape index (κ3) is 6.80. The fourth-order valence-corrected chi connectivity index (χ4v) is 4.33. The number of hydrogen-bond donors (Lipinski definition) is 1. The monoisotopic (exact) mass is 523 g/mol. The number of sulfonamides is 1. The Morgan fingerprint density at radius 1 is 1.00 bits per heavy atom. The topological polar surface area (TPSA) is 86.8 Å². The molecule has 174 valence electrons. The van der Waals surface area contributed by atoms with E-state index < -0.39 is 28.5 Å².